The fourth-order valence-corrected chi connectivity index (χ4v) is 15.6. The topological polar surface area (TPSA) is 789 Å². The van der Waals surface area contributed by atoms with Crippen LogP contribution in [0.5, 0.6) is 0 Å². The number of halogens is 1. The molecule has 47 nitrogen and oxygen atoms in total. The van der Waals surface area contributed by atoms with Gasteiger partial charge in [-0.3, -0.25) is 63.8 Å². The van der Waals surface area contributed by atoms with E-state index in [-0.39, 0.29) is 198 Å². The number of carbonyl (C=O) groups is 10. The van der Waals surface area contributed by atoms with Crippen LogP contribution in [0.4, 0.5) is 10.8 Å². The Morgan fingerprint density at radius 1 is 0.855 bits per heavy atom. The molecule has 0 radical (unpaired) electrons. The summed E-state index contributed by atoms with van der Waals surface area (Å²) in [7, 11) is -9.75. The number of aliphatic carboxylic acids is 4. The molecule has 21 N–H and O–H groups in total. The molecule has 5 aromatic rings. The number of β-lactam (4-membered cyclic amide) rings is 1. The Labute approximate surface area is 786 Å². The quantitative estimate of drug-likeness (QED) is 0.00181. The number of carboxylic acid groups (broad SMARTS) is 5. The number of benzene rings is 4. The molecule has 5 aliphatic rings. The zero-order valence-corrected chi connectivity index (χ0v) is 78.4. The summed E-state index contributed by atoms with van der Waals surface area (Å²) in [4.78, 5) is 167. The molecule has 6 heterocycles. The van der Waals surface area contributed by atoms with Gasteiger partial charge in [0.1, 0.15) is 62.4 Å². The van der Waals surface area contributed by atoms with Crippen molar-refractivity contribution in [1.29, 1.82) is 5.41 Å². The number of aromatic carboxylic acids is 1. The number of likely N-dealkylation sites (N-methyl/N-ethyl adjacent to an activating group) is 2. The maximum absolute atomic E-state index is 12.9. The second kappa shape index (κ2) is 50.0. The number of hydrogen-bond acceptors (Lipinski definition) is 32. The number of fused-ring (bicyclic) bond motifs is 3. The minimum atomic E-state index is -5.26. The molecule has 2 aromatic heterocycles. The standard InChI is InChI=1S/C20H14N2O9S2.C18H18N8O7S3.C11H16N2O3.C10H12ClNO2.C4H10N3O5P.C4H9N3O2.3Na/c21-13-7-5-11-15(9-3-1-2-4-10(9)20(23)24)12-6-8-14(22)19(33(28,29)30)17(12)31-16(11)18(13)32(25,26)27;1-25-18(22-12(28)13(29)23-25)36-4-6-3-34-15-9(14(30)26(15)10(6)16(31)32)21-11(27)8(24-33-2)7-5-35-17(19)20-7;1-9(14)12-7-3-2-4-8-13-10(15)5-6-11(13)16;11-9-3-1-7(2-4-9)8(6-12)5-10(13)14;1-7(2-3(8)9)4(5)6-13(10,11)12;1-7(4(5)6)2-3(8)9;;;/h1-8,21H,22H2,(H,23,24)(H,25,26,27)(H,28,29,30);5,9,15H,3-4H2,1-2H3,(H5,19,20,21,23,27,29,31,32);5-6H,2-4,7-8H2,1H3,(H,12,14);1-4,8H,5-6,12H2,(H,13,14);2H2,1H3,(H,8,9)(H4,5,6,10,11,12);2H2,1H3,(H3,5,6)(H,8,9);;;/q;;;;;;3*+1/p-3/b;24-8-;;;;;;;/t;9-,15-;;;;;;;/m.1......./s1. The maximum Gasteiger partial charge on any atom is 1.00 e. The third-order valence-corrected chi connectivity index (χ3v) is 21.8. The number of amides is 5. The Bertz CT molecular complexity index is 5720. The predicted molar refractivity (Wildman–Crippen MR) is 428 cm³/mol. The number of unbranched alkanes of at least 4 members (excludes halogenated alkanes) is 2. The maximum atomic E-state index is 12.9. The first-order valence-electron chi connectivity index (χ1n) is 33.9. The van der Waals surface area contributed by atoms with Crippen LogP contribution in [-0.4, -0.2) is 244 Å². The fourth-order valence-electron chi connectivity index (χ4n) is 10.6. The van der Waals surface area contributed by atoms with Crippen LogP contribution >= 0.6 is 54.2 Å². The number of anilines is 2. The van der Waals surface area contributed by atoms with E-state index in [4.69, 9.17) is 85.4 Å². The van der Waals surface area contributed by atoms with Gasteiger partial charge in [0.05, 0.1) is 29.3 Å². The number of aromatic nitrogens is 4. The molecule has 0 spiro atoms. The average molecular weight is 1890 g/mol. The van der Waals surface area contributed by atoms with Crippen LogP contribution in [0.1, 0.15) is 60.1 Å². The van der Waals surface area contributed by atoms with Crippen LogP contribution in [0.15, 0.2) is 140 Å². The zero-order chi connectivity index (χ0) is 91.0. The van der Waals surface area contributed by atoms with Crippen molar-refractivity contribution in [2.24, 2.45) is 34.2 Å². The summed E-state index contributed by atoms with van der Waals surface area (Å²) in [6.45, 7) is 2.21. The number of guanidine groups is 2. The molecule has 3 atom stereocenters. The molecule has 1 aliphatic carbocycles. The van der Waals surface area contributed by atoms with Crippen LogP contribution in [0.2, 0.25) is 5.02 Å². The number of rotatable bonds is 27. The van der Waals surface area contributed by atoms with Crippen molar-refractivity contribution in [3.63, 3.8) is 0 Å². The molecule has 5 amide bonds. The van der Waals surface area contributed by atoms with Crippen molar-refractivity contribution in [2.75, 3.05) is 76.9 Å². The van der Waals surface area contributed by atoms with Gasteiger partial charge in [0.25, 0.3) is 29.2 Å². The van der Waals surface area contributed by atoms with Crippen molar-refractivity contribution in [1.82, 2.24) is 50.0 Å². The van der Waals surface area contributed by atoms with Crippen LogP contribution in [0.3, 0.4) is 0 Å². The number of nitrogens with zero attached hydrogens (tertiary/aromatic N) is 10. The molecule has 10 rings (SSSR count). The first kappa shape index (κ1) is 111. The average Bonchev–Trinajstić information content (AvgIpc) is 0.750. The minimum Gasteiger partial charge on any atom is -0.744 e. The Morgan fingerprint density at radius 3 is 1.96 bits per heavy atom. The molecule has 124 heavy (non-hydrogen) atoms. The first-order valence-corrected chi connectivity index (χ1v) is 41.6. The second-order valence-corrected chi connectivity index (χ2v) is 32.0. The van der Waals surface area contributed by atoms with E-state index in [0.29, 0.717) is 30.2 Å². The van der Waals surface area contributed by atoms with Crippen molar-refractivity contribution in [3.8, 4) is 22.5 Å². The fraction of sp³-hybridized carbons (Fsp3) is 0.284. The number of aryl methyl sites for hydroxylation is 1. The van der Waals surface area contributed by atoms with Gasteiger partial charge in [-0.05, 0) is 86.0 Å². The molecule has 1 unspecified atom stereocenters. The van der Waals surface area contributed by atoms with Gasteiger partial charge >= 0.3 is 120 Å². The predicted octanol–water partition coefficient (Wildman–Crippen LogP) is -13.0. The summed E-state index contributed by atoms with van der Waals surface area (Å²) < 4.78 is 91.6. The molecule has 4 aliphatic heterocycles. The van der Waals surface area contributed by atoms with E-state index < -0.39 is 137 Å². The smallest absolute Gasteiger partial charge is 0.744 e. The van der Waals surface area contributed by atoms with Gasteiger partial charge in [0.2, 0.25) is 17.2 Å². The van der Waals surface area contributed by atoms with E-state index in [1.807, 2.05) is 12.1 Å². The molecule has 652 valence electrons. The van der Waals surface area contributed by atoms with Gasteiger partial charge in [0.15, 0.2) is 43.8 Å². The summed E-state index contributed by atoms with van der Waals surface area (Å²) in [6.07, 6.45) is 5.16. The van der Waals surface area contributed by atoms with E-state index in [2.05, 4.69) is 35.6 Å². The number of imide groups is 1. The van der Waals surface area contributed by atoms with E-state index in [1.165, 1.54) is 106 Å². The monoisotopic (exact) mass is 1890 g/mol. The third kappa shape index (κ3) is 32.2. The number of carboxylic acids is 5. The number of thioether (sulfide) groups is 2. The van der Waals surface area contributed by atoms with Crippen LogP contribution in [-0.2, 0) is 79.8 Å². The summed E-state index contributed by atoms with van der Waals surface area (Å²) in [5.74, 6) is -9.11. The number of nitrogens with two attached hydrogens (primary N) is 6. The molecule has 57 heteroatoms. The summed E-state index contributed by atoms with van der Waals surface area (Å²) in [5, 5.41) is 72.7. The van der Waals surface area contributed by atoms with Crippen molar-refractivity contribution in [2.45, 2.75) is 64.9 Å². The number of oxime groups is 1. The van der Waals surface area contributed by atoms with E-state index in [9.17, 15) is 98.3 Å². The van der Waals surface area contributed by atoms with Crippen LogP contribution in [0, 0.1) is 5.41 Å². The first-order chi connectivity index (χ1) is 56.4. The largest absolute Gasteiger partial charge is 1.00 e. The minimum absolute atomic E-state index is 0. The van der Waals surface area contributed by atoms with E-state index in [0.717, 1.165) is 79.4 Å². The normalized spacial score (nSPS) is 14.2. The van der Waals surface area contributed by atoms with Gasteiger partial charge in [-0.25, -0.2) is 31.2 Å². The number of hydrogen-bond donors (Lipinski definition) is 15. The Kier molecular flexibility index (Phi) is 44.6. The van der Waals surface area contributed by atoms with Crippen molar-refractivity contribution < 1.29 is 217 Å². The van der Waals surface area contributed by atoms with Crippen LogP contribution < -0.4 is 160 Å². The van der Waals surface area contributed by atoms with Crippen LogP contribution in [0.25, 0.3) is 33.4 Å². The third-order valence-electron chi connectivity index (χ3n) is 16.1. The van der Waals surface area contributed by atoms with Gasteiger partial charge in [-0.2, -0.15) is 4.98 Å². The summed E-state index contributed by atoms with van der Waals surface area (Å²) in [6, 6.07) is 16.5. The molecule has 1 saturated heterocycles. The molecule has 3 aromatic carbocycles. The summed E-state index contributed by atoms with van der Waals surface area (Å²) in [5.41, 5.74) is 24.3. The van der Waals surface area contributed by atoms with Gasteiger partial charge < -0.3 is 122 Å². The van der Waals surface area contributed by atoms with Gasteiger partial charge in [-0.1, -0.05) is 58.9 Å². The number of carbonyl (C=O) groups excluding carboxylic acids is 6. The van der Waals surface area contributed by atoms with E-state index in [1.54, 1.807) is 12.1 Å². The van der Waals surface area contributed by atoms with Crippen molar-refractivity contribution in [3.05, 3.63) is 150 Å². The number of nitrogens with one attached hydrogen (secondary N) is 3. The van der Waals surface area contributed by atoms with E-state index >= 15 is 0 Å². The van der Waals surface area contributed by atoms with Crippen molar-refractivity contribution >= 4 is 173 Å². The SMILES string of the molecule is CC(=O)NCCCCCN1C(=O)C=CC1=O.CN(CC(=O)O)C(=N)N.CN(CC(=O)O)C(N)=NP(=O)(O)O.CO/N=C(\C(=O)N[C@@H]1C(=O)N2C(C(=O)[O-])=C(CSc3nc(=O)c(=O)[n-]n3C)CS[C@H]12)c1csc(N)n1.NCC(CC(=O)O)c1ccc(Cl)cc1.Nc1ccc2c(-c3ccccc3C(=O)O)c3ccc(=[NH2+])c(S(=O)(=O)[O-])c-3oc2c1S(=O)(=O)[O-].[Na+].[Na+].[Na+]. The molecule has 1 fully saturated rings. The zero-order valence-electron chi connectivity index (χ0n) is 66.6. The molecule has 0 bridgehead atoms. The molecule has 0 saturated carbocycles. The Morgan fingerprint density at radius 2 is 1.45 bits per heavy atom. The molecular formula is C67H76ClN19Na3O28PS5. The van der Waals surface area contributed by atoms with Gasteiger partial charge in [-0.15, -0.1) is 27.9 Å². The Hall–Kier alpha value is -9.50. The van der Waals surface area contributed by atoms with Gasteiger partial charge in [0, 0.05) is 96.7 Å². The molecular weight excluding hydrogens is 1810 g/mol. The summed E-state index contributed by atoms with van der Waals surface area (Å²) >= 11 is 9.02. The second-order valence-electron chi connectivity index (χ2n) is 24.8. The number of nitrogen functional groups attached to an aromatic ring is 2. The number of thiazole rings is 1. The Balaban J connectivity index is 0.000000538.